The fourth-order valence-electron chi connectivity index (χ4n) is 2.02. The zero-order chi connectivity index (χ0) is 17.1. The highest BCUT2D eigenvalue weighted by atomic mass is 32.2. The van der Waals surface area contributed by atoms with E-state index in [4.69, 9.17) is 4.42 Å². The van der Waals surface area contributed by atoms with E-state index in [-0.39, 0.29) is 4.91 Å². The Bertz CT molecular complexity index is 815. The number of carbonyl (C=O) groups is 3. The maximum atomic E-state index is 12.8. The second-order valence-electron chi connectivity index (χ2n) is 4.84. The number of amides is 3. The van der Waals surface area contributed by atoms with Crippen molar-refractivity contribution in [2.45, 2.75) is 0 Å². The minimum atomic E-state index is -0.560. The molecule has 1 N–H and O–H groups in total. The van der Waals surface area contributed by atoms with Gasteiger partial charge in [-0.05, 0) is 48.2 Å². The first-order valence-electron chi connectivity index (χ1n) is 6.87. The number of rotatable bonds is 4. The molecule has 0 unspecified atom stereocenters. The van der Waals surface area contributed by atoms with Gasteiger partial charge in [-0.1, -0.05) is 0 Å². The third-order valence-corrected chi connectivity index (χ3v) is 4.03. The summed E-state index contributed by atoms with van der Waals surface area (Å²) in [7, 11) is 0. The highest BCUT2D eigenvalue weighted by Crippen LogP contribution is 2.32. The average Bonchev–Trinajstić information content (AvgIpc) is 3.14. The number of imide groups is 1. The van der Waals surface area contributed by atoms with Crippen LogP contribution in [-0.4, -0.2) is 28.5 Å². The van der Waals surface area contributed by atoms with Gasteiger partial charge in [-0.3, -0.25) is 19.3 Å². The van der Waals surface area contributed by atoms with Crippen LogP contribution in [0.3, 0.4) is 0 Å². The van der Waals surface area contributed by atoms with Crippen LogP contribution in [0.2, 0.25) is 0 Å². The molecule has 0 spiro atoms. The fraction of sp³-hybridized carbons (Fsp3) is 0.0625. The molecule has 1 aliphatic heterocycles. The van der Waals surface area contributed by atoms with Gasteiger partial charge in [0.2, 0.25) is 5.91 Å². The Balaban J connectivity index is 1.66. The molecule has 122 valence electrons. The lowest BCUT2D eigenvalue weighted by atomic mass is 10.3. The number of nitrogens with zero attached hydrogens (tertiary/aromatic N) is 1. The normalized spacial score (nSPS) is 16.0. The van der Waals surface area contributed by atoms with Crippen LogP contribution in [0.15, 0.2) is 52.0 Å². The number of benzene rings is 1. The molecular formula is C16H11FN2O4S. The van der Waals surface area contributed by atoms with Gasteiger partial charge >= 0.3 is 0 Å². The molecule has 1 aliphatic rings. The number of anilines is 1. The number of halogens is 1. The van der Waals surface area contributed by atoms with Crippen LogP contribution < -0.4 is 5.32 Å². The molecular weight excluding hydrogens is 335 g/mol. The molecule has 8 heteroatoms. The molecule has 0 radical (unpaired) electrons. The molecule has 1 aromatic heterocycles. The fourth-order valence-corrected chi connectivity index (χ4v) is 2.83. The van der Waals surface area contributed by atoms with Gasteiger partial charge in [-0.15, -0.1) is 0 Å². The molecule has 0 saturated carbocycles. The molecule has 0 aliphatic carbocycles. The van der Waals surface area contributed by atoms with E-state index >= 15 is 0 Å². The lowest BCUT2D eigenvalue weighted by Gasteiger charge is -2.12. The van der Waals surface area contributed by atoms with Gasteiger partial charge in [0, 0.05) is 11.8 Å². The Morgan fingerprint density at radius 2 is 2.00 bits per heavy atom. The van der Waals surface area contributed by atoms with Crippen molar-refractivity contribution < 1.29 is 23.2 Å². The summed E-state index contributed by atoms with van der Waals surface area (Å²) in [6.45, 7) is -0.419. The Kier molecular flexibility index (Phi) is 4.48. The van der Waals surface area contributed by atoms with Gasteiger partial charge in [-0.25, -0.2) is 4.39 Å². The quantitative estimate of drug-likeness (QED) is 0.861. The van der Waals surface area contributed by atoms with Gasteiger partial charge in [-0.2, -0.15) is 0 Å². The van der Waals surface area contributed by atoms with Crippen molar-refractivity contribution >= 4 is 40.6 Å². The van der Waals surface area contributed by atoms with Crippen LogP contribution in [0.5, 0.6) is 0 Å². The summed E-state index contributed by atoms with van der Waals surface area (Å²) in [5, 5.41) is 1.96. The SMILES string of the molecule is O=C(CN1C(=O)S/C(=C\c2ccco2)C1=O)Nc1ccc(F)cc1. The van der Waals surface area contributed by atoms with Crippen molar-refractivity contribution in [3.63, 3.8) is 0 Å². The minimum Gasteiger partial charge on any atom is -0.465 e. The lowest BCUT2D eigenvalue weighted by Crippen LogP contribution is -2.36. The first kappa shape index (κ1) is 16.0. The summed E-state index contributed by atoms with van der Waals surface area (Å²) in [4.78, 5) is 37.1. The molecule has 1 saturated heterocycles. The van der Waals surface area contributed by atoms with Gasteiger partial charge in [0.15, 0.2) is 0 Å². The van der Waals surface area contributed by atoms with E-state index in [1.807, 2.05) is 0 Å². The Labute approximate surface area is 140 Å². The number of hydrogen-bond donors (Lipinski definition) is 1. The predicted molar refractivity (Wildman–Crippen MR) is 86.4 cm³/mol. The number of hydrogen-bond acceptors (Lipinski definition) is 5. The zero-order valence-electron chi connectivity index (χ0n) is 12.2. The van der Waals surface area contributed by atoms with Gasteiger partial charge in [0.1, 0.15) is 18.1 Å². The summed E-state index contributed by atoms with van der Waals surface area (Å²) in [5.74, 6) is -1.10. The maximum absolute atomic E-state index is 12.8. The minimum absolute atomic E-state index is 0.185. The summed E-state index contributed by atoms with van der Waals surface area (Å²) >= 11 is 0.739. The third kappa shape index (κ3) is 3.54. The lowest BCUT2D eigenvalue weighted by molar-refractivity contribution is -0.127. The van der Waals surface area contributed by atoms with Crippen LogP contribution in [0.4, 0.5) is 14.9 Å². The largest absolute Gasteiger partial charge is 0.465 e. The zero-order valence-corrected chi connectivity index (χ0v) is 13.0. The van der Waals surface area contributed by atoms with E-state index in [1.54, 1.807) is 12.1 Å². The smallest absolute Gasteiger partial charge is 0.294 e. The number of thioether (sulfide) groups is 1. The molecule has 0 atom stereocenters. The highest BCUT2D eigenvalue weighted by Gasteiger charge is 2.36. The molecule has 2 heterocycles. The van der Waals surface area contributed by atoms with E-state index in [9.17, 15) is 18.8 Å². The molecule has 2 aromatic rings. The van der Waals surface area contributed by atoms with Gasteiger partial charge in [0.05, 0.1) is 11.2 Å². The van der Waals surface area contributed by atoms with Crippen LogP contribution >= 0.6 is 11.8 Å². The molecule has 3 rings (SSSR count). The predicted octanol–water partition coefficient (Wildman–Crippen LogP) is 3.09. The van der Waals surface area contributed by atoms with Crippen molar-refractivity contribution in [3.8, 4) is 0 Å². The van der Waals surface area contributed by atoms with Crippen molar-refractivity contribution in [3.05, 3.63) is 59.1 Å². The number of carbonyl (C=O) groups excluding carboxylic acids is 3. The van der Waals surface area contributed by atoms with E-state index < -0.39 is 29.4 Å². The van der Waals surface area contributed by atoms with Crippen LogP contribution in [0.25, 0.3) is 6.08 Å². The summed E-state index contributed by atoms with van der Waals surface area (Å²) < 4.78 is 17.9. The monoisotopic (exact) mass is 346 g/mol. The molecule has 6 nitrogen and oxygen atoms in total. The van der Waals surface area contributed by atoms with E-state index in [0.717, 1.165) is 16.7 Å². The molecule has 0 bridgehead atoms. The van der Waals surface area contributed by atoms with Crippen molar-refractivity contribution in [2.24, 2.45) is 0 Å². The van der Waals surface area contributed by atoms with Crippen molar-refractivity contribution in [1.82, 2.24) is 4.90 Å². The average molecular weight is 346 g/mol. The Morgan fingerprint density at radius 3 is 2.67 bits per heavy atom. The van der Waals surface area contributed by atoms with Crippen LogP contribution in [-0.2, 0) is 9.59 Å². The standard InChI is InChI=1S/C16H11FN2O4S/c17-10-3-5-11(6-4-10)18-14(20)9-19-15(21)13(24-16(19)22)8-12-2-1-7-23-12/h1-8H,9H2,(H,18,20)/b13-8-. The van der Waals surface area contributed by atoms with Crippen LogP contribution in [0.1, 0.15) is 5.76 Å². The maximum Gasteiger partial charge on any atom is 0.294 e. The Hall–Kier alpha value is -2.87. The highest BCUT2D eigenvalue weighted by molar-refractivity contribution is 8.18. The Morgan fingerprint density at radius 1 is 1.25 bits per heavy atom. The molecule has 1 fully saturated rings. The van der Waals surface area contributed by atoms with E-state index in [2.05, 4.69) is 5.32 Å². The molecule has 3 amide bonds. The van der Waals surface area contributed by atoms with Crippen molar-refractivity contribution in [1.29, 1.82) is 0 Å². The summed E-state index contributed by atoms with van der Waals surface area (Å²) in [5.41, 5.74) is 0.375. The second kappa shape index (κ2) is 6.71. The number of nitrogens with one attached hydrogen (secondary N) is 1. The first-order chi connectivity index (χ1) is 11.5. The van der Waals surface area contributed by atoms with Gasteiger partial charge in [0.25, 0.3) is 11.1 Å². The van der Waals surface area contributed by atoms with E-state index in [0.29, 0.717) is 11.4 Å². The third-order valence-electron chi connectivity index (χ3n) is 3.12. The summed E-state index contributed by atoms with van der Waals surface area (Å²) in [6.07, 6.45) is 2.90. The second-order valence-corrected chi connectivity index (χ2v) is 5.83. The molecule has 24 heavy (non-hydrogen) atoms. The van der Waals surface area contributed by atoms with Gasteiger partial charge < -0.3 is 9.73 Å². The topological polar surface area (TPSA) is 79.6 Å². The number of furan rings is 1. The molecule has 1 aromatic carbocycles. The first-order valence-corrected chi connectivity index (χ1v) is 7.69. The van der Waals surface area contributed by atoms with Crippen molar-refractivity contribution in [2.75, 3.05) is 11.9 Å². The summed E-state index contributed by atoms with van der Waals surface area (Å²) in [6, 6.07) is 8.47. The van der Waals surface area contributed by atoms with E-state index in [1.165, 1.54) is 36.6 Å². The van der Waals surface area contributed by atoms with Crippen LogP contribution in [0, 0.1) is 5.82 Å².